The van der Waals surface area contributed by atoms with Crippen molar-refractivity contribution in [3.05, 3.63) is 29.3 Å². The van der Waals surface area contributed by atoms with E-state index in [4.69, 9.17) is 5.73 Å². The number of carbonyl (C=O) groups excluding carboxylic acids is 1. The van der Waals surface area contributed by atoms with Gasteiger partial charge in [0, 0.05) is 24.2 Å². The van der Waals surface area contributed by atoms with E-state index in [2.05, 4.69) is 10.0 Å². The van der Waals surface area contributed by atoms with Crippen molar-refractivity contribution in [2.45, 2.75) is 49.6 Å². The van der Waals surface area contributed by atoms with Crippen LogP contribution in [0.5, 0.6) is 0 Å². The molecular formula is C16H23N3O3S. The fourth-order valence-electron chi connectivity index (χ4n) is 2.50. The summed E-state index contributed by atoms with van der Waals surface area (Å²) in [6, 6.07) is 4.65. The van der Waals surface area contributed by atoms with Gasteiger partial charge in [-0.1, -0.05) is 6.07 Å². The summed E-state index contributed by atoms with van der Waals surface area (Å²) in [6.45, 7) is 2.21. The number of nitrogens with one attached hydrogen (secondary N) is 2. The lowest BCUT2D eigenvalue weighted by Crippen LogP contribution is -2.38. The van der Waals surface area contributed by atoms with Crippen LogP contribution in [0.1, 0.15) is 41.6 Å². The van der Waals surface area contributed by atoms with Crippen molar-refractivity contribution in [2.24, 2.45) is 11.7 Å². The van der Waals surface area contributed by atoms with Gasteiger partial charge in [-0.2, -0.15) is 0 Å². The second kappa shape index (κ2) is 6.22. The molecule has 1 aromatic carbocycles. The number of hydrogen-bond donors (Lipinski definition) is 3. The second-order valence-corrected chi connectivity index (χ2v) is 8.30. The first-order valence-electron chi connectivity index (χ1n) is 8.03. The van der Waals surface area contributed by atoms with Crippen LogP contribution in [0.3, 0.4) is 0 Å². The molecule has 0 saturated heterocycles. The third-order valence-electron chi connectivity index (χ3n) is 4.39. The van der Waals surface area contributed by atoms with Gasteiger partial charge in [-0.3, -0.25) is 4.79 Å². The molecule has 1 amide bonds. The van der Waals surface area contributed by atoms with E-state index < -0.39 is 10.0 Å². The number of hydrogen-bond acceptors (Lipinski definition) is 4. The lowest BCUT2D eigenvalue weighted by atomic mass is 10.1. The van der Waals surface area contributed by atoms with Crippen molar-refractivity contribution in [3.8, 4) is 0 Å². The molecule has 23 heavy (non-hydrogen) atoms. The van der Waals surface area contributed by atoms with E-state index in [9.17, 15) is 13.2 Å². The lowest BCUT2D eigenvalue weighted by molar-refractivity contribution is 0.0949. The average Bonchev–Trinajstić information content (AvgIpc) is 3.37. The molecule has 6 nitrogen and oxygen atoms in total. The van der Waals surface area contributed by atoms with E-state index >= 15 is 0 Å². The third kappa shape index (κ3) is 4.10. The largest absolute Gasteiger partial charge is 0.350 e. The van der Waals surface area contributed by atoms with Crippen molar-refractivity contribution >= 4 is 15.9 Å². The molecule has 1 atom stereocenters. The maximum absolute atomic E-state index is 12.3. The topological polar surface area (TPSA) is 101 Å². The Balaban J connectivity index is 1.72. The molecule has 4 N–H and O–H groups in total. The van der Waals surface area contributed by atoms with E-state index in [1.165, 1.54) is 12.1 Å². The quantitative estimate of drug-likeness (QED) is 0.688. The van der Waals surface area contributed by atoms with E-state index in [0.717, 1.165) is 31.2 Å². The molecule has 2 saturated carbocycles. The van der Waals surface area contributed by atoms with Crippen molar-refractivity contribution in [2.75, 3.05) is 6.54 Å². The van der Waals surface area contributed by atoms with Gasteiger partial charge in [0.15, 0.2) is 0 Å². The second-order valence-electron chi connectivity index (χ2n) is 6.58. The highest BCUT2D eigenvalue weighted by atomic mass is 32.2. The summed E-state index contributed by atoms with van der Waals surface area (Å²) in [4.78, 5) is 12.5. The molecule has 2 aliphatic carbocycles. The van der Waals surface area contributed by atoms with Crippen LogP contribution in [0.2, 0.25) is 0 Å². The maximum atomic E-state index is 12.3. The summed E-state index contributed by atoms with van der Waals surface area (Å²) in [6.07, 6.45) is 3.99. The molecule has 0 aliphatic heterocycles. The number of nitrogens with two attached hydrogens (primary N) is 1. The van der Waals surface area contributed by atoms with Gasteiger partial charge in [-0.15, -0.1) is 0 Å². The molecule has 1 unspecified atom stereocenters. The standard InChI is InChI=1S/C16H23N3O3S/c1-10-2-7-13(23(21,22)19-12-5-6-12)8-14(10)16(20)18-9-15(17)11-3-4-11/h2,7-8,11-12,15,19H,3-6,9,17H2,1H3,(H,18,20). The minimum absolute atomic E-state index is 0.0253. The number of rotatable bonds is 7. The fourth-order valence-corrected chi connectivity index (χ4v) is 3.83. The molecule has 7 heteroatoms. The van der Waals surface area contributed by atoms with Crippen LogP contribution in [0.15, 0.2) is 23.1 Å². The predicted molar refractivity (Wildman–Crippen MR) is 87.6 cm³/mol. The molecule has 2 fully saturated rings. The highest BCUT2D eigenvalue weighted by Gasteiger charge is 2.30. The number of aryl methyl sites for hydroxylation is 1. The Bertz CT molecular complexity index is 709. The first-order valence-corrected chi connectivity index (χ1v) is 9.52. The SMILES string of the molecule is Cc1ccc(S(=O)(=O)NC2CC2)cc1C(=O)NCC(N)C1CC1. The van der Waals surface area contributed by atoms with Crippen LogP contribution in [0, 0.1) is 12.8 Å². The molecule has 0 bridgehead atoms. The smallest absolute Gasteiger partial charge is 0.251 e. The Labute approximate surface area is 136 Å². The van der Waals surface area contributed by atoms with Crippen LogP contribution in [-0.2, 0) is 10.0 Å². The van der Waals surface area contributed by atoms with E-state index in [0.29, 0.717) is 18.0 Å². The Morgan fingerprint density at radius 3 is 2.61 bits per heavy atom. The normalized spacial score (nSPS) is 19.4. The van der Waals surface area contributed by atoms with Gasteiger partial charge in [0.1, 0.15) is 0 Å². The minimum atomic E-state index is -3.56. The highest BCUT2D eigenvalue weighted by molar-refractivity contribution is 7.89. The molecule has 1 aromatic rings. The number of amides is 1. The zero-order chi connectivity index (χ0) is 16.6. The van der Waals surface area contributed by atoms with E-state index in [-0.39, 0.29) is 22.9 Å². The van der Waals surface area contributed by atoms with Crippen LogP contribution in [0.4, 0.5) is 0 Å². The molecule has 0 radical (unpaired) electrons. The summed E-state index contributed by atoms with van der Waals surface area (Å²) in [5, 5.41) is 2.81. The Kier molecular flexibility index (Phi) is 4.44. The molecular weight excluding hydrogens is 314 g/mol. The van der Waals surface area contributed by atoms with Crippen molar-refractivity contribution in [1.82, 2.24) is 10.0 Å². The first kappa shape index (κ1) is 16.4. The summed E-state index contributed by atoms with van der Waals surface area (Å²) < 4.78 is 27.2. The average molecular weight is 337 g/mol. The Morgan fingerprint density at radius 1 is 1.30 bits per heavy atom. The number of sulfonamides is 1. The molecule has 0 aromatic heterocycles. The molecule has 3 rings (SSSR count). The Hall–Kier alpha value is -1.44. The molecule has 0 heterocycles. The number of benzene rings is 1. The predicted octanol–water partition coefficient (Wildman–Crippen LogP) is 0.903. The van der Waals surface area contributed by atoms with Gasteiger partial charge in [-0.25, -0.2) is 13.1 Å². The fraction of sp³-hybridized carbons (Fsp3) is 0.562. The third-order valence-corrected chi connectivity index (χ3v) is 5.91. The summed E-state index contributed by atoms with van der Waals surface area (Å²) in [7, 11) is -3.56. The van der Waals surface area contributed by atoms with Crippen LogP contribution >= 0.6 is 0 Å². The van der Waals surface area contributed by atoms with Gasteiger partial charge < -0.3 is 11.1 Å². The molecule has 0 spiro atoms. The molecule has 126 valence electrons. The summed E-state index contributed by atoms with van der Waals surface area (Å²) in [5.41, 5.74) is 7.11. The van der Waals surface area contributed by atoms with Crippen molar-refractivity contribution in [1.29, 1.82) is 0 Å². The zero-order valence-electron chi connectivity index (χ0n) is 13.2. The lowest BCUT2D eigenvalue weighted by Gasteiger charge is -2.14. The van der Waals surface area contributed by atoms with Gasteiger partial charge in [0.2, 0.25) is 10.0 Å². The Morgan fingerprint density at radius 2 is 2.00 bits per heavy atom. The highest BCUT2D eigenvalue weighted by Crippen LogP contribution is 2.31. The molecule has 2 aliphatic rings. The van der Waals surface area contributed by atoms with Crippen molar-refractivity contribution in [3.63, 3.8) is 0 Å². The van der Waals surface area contributed by atoms with Gasteiger partial charge in [0.25, 0.3) is 5.91 Å². The zero-order valence-corrected chi connectivity index (χ0v) is 14.0. The van der Waals surface area contributed by atoms with Gasteiger partial charge >= 0.3 is 0 Å². The van der Waals surface area contributed by atoms with Crippen LogP contribution < -0.4 is 15.8 Å². The first-order chi connectivity index (χ1) is 10.9. The minimum Gasteiger partial charge on any atom is -0.350 e. The maximum Gasteiger partial charge on any atom is 0.251 e. The van der Waals surface area contributed by atoms with Gasteiger partial charge in [0.05, 0.1) is 4.90 Å². The van der Waals surface area contributed by atoms with E-state index in [1.54, 1.807) is 13.0 Å². The van der Waals surface area contributed by atoms with Crippen LogP contribution in [-0.4, -0.2) is 33.0 Å². The van der Waals surface area contributed by atoms with E-state index in [1.807, 2.05) is 0 Å². The van der Waals surface area contributed by atoms with Crippen LogP contribution in [0.25, 0.3) is 0 Å². The van der Waals surface area contributed by atoms with Crippen molar-refractivity contribution < 1.29 is 13.2 Å². The summed E-state index contributed by atoms with van der Waals surface area (Å²) >= 11 is 0. The van der Waals surface area contributed by atoms with Gasteiger partial charge in [-0.05, 0) is 56.2 Å². The summed E-state index contributed by atoms with van der Waals surface area (Å²) in [5.74, 6) is 0.230. The monoisotopic (exact) mass is 337 g/mol. The number of carbonyl (C=O) groups is 1.